The molecule has 0 spiro atoms. The van der Waals surface area contributed by atoms with Gasteiger partial charge in [-0.15, -0.1) is 0 Å². The lowest BCUT2D eigenvalue weighted by Gasteiger charge is -2.26. The van der Waals surface area contributed by atoms with Crippen molar-refractivity contribution in [3.63, 3.8) is 0 Å². The molecule has 0 bridgehead atoms. The Labute approximate surface area is 84.9 Å². The fourth-order valence-corrected chi connectivity index (χ4v) is 2.01. The first-order valence-electron chi connectivity index (χ1n) is 5.23. The van der Waals surface area contributed by atoms with Gasteiger partial charge >= 0.3 is 6.03 Å². The lowest BCUT2D eigenvalue weighted by Crippen LogP contribution is -2.30. The molecular formula is C10H19N3O. The van der Waals surface area contributed by atoms with E-state index in [1.807, 2.05) is 0 Å². The molecule has 0 aliphatic heterocycles. The fourth-order valence-electron chi connectivity index (χ4n) is 2.01. The summed E-state index contributed by atoms with van der Waals surface area (Å²) in [6.07, 6.45) is 4.60. The number of carbonyl (C=O) groups excluding carboxylic acids is 1. The van der Waals surface area contributed by atoms with E-state index in [0.29, 0.717) is 11.8 Å². The van der Waals surface area contributed by atoms with Crippen molar-refractivity contribution in [2.45, 2.75) is 39.5 Å². The van der Waals surface area contributed by atoms with Gasteiger partial charge in [0.15, 0.2) is 0 Å². The first-order valence-corrected chi connectivity index (χ1v) is 5.23. The molecule has 1 aliphatic rings. The van der Waals surface area contributed by atoms with Crippen molar-refractivity contribution in [1.82, 2.24) is 5.43 Å². The molecule has 0 heterocycles. The molecule has 4 heteroatoms. The predicted molar refractivity (Wildman–Crippen MR) is 57.0 cm³/mol. The number of hydrogen-bond acceptors (Lipinski definition) is 2. The molecule has 0 saturated heterocycles. The number of amides is 2. The Kier molecular flexibility index (Phi) is 3.92. The van der Waals surface area contributed by atoms with E-state index in [-0.39, 0.29) is 0 Å². The minimum Gasteiger partial charge on any atom is -0.350 e. The van der Waals surface area contributed by atoms with Crippen molar-refractivity contribution in [2.75, 3.05) is 0 Å². The molecule has 80 valence electrons. The van der Waals surface area contributed by atoms with Crippen LogP contribution in [0.5, 0.6) is 0 Å². The van der Waals surface area contributed by atoms with Crippen LogP contribution in [0.3, 0.4) is 0 Å². The van der Waals surface area contributed by atoms with Crippen molar-refractivity contribution in [3.8, 4) is 0 Å². The highest BCUT2D eigenvalue weighted by Crippen LogP contribution is 2.27. The second-order valence-corrected chi connectivity index (χ2v) is 4.18. The minimum atomic E-state index is -0.578. The predicted octanol–water partition coefficient (Wildman–Crippen LogP) is 1.86. The molecule has 2 amide bonds. The van der Waals surface area contributed by atoms with Crippen LogP contribution in [-0.2, 0) is 0 Å². The Morgan fingerprint density at radius 3 is 2.86 bits per heavy atom. The third-order valence-corrected chi connectivity index (χ3v) is 2.74. The number of nitrogens with zero attached hydrogens (tertiary/aromatic N) is 1. The van der Waals surface area contributed by atoms with E-state index in [9.17, 15) is 4.79 Å². The topological polar surface area (TPSA) is 67.5 Å². The lowest BCUT2D eigenvalue weighted by molar-refractivity contribution is 0.249. The highest BCUT2D eigenvalue weighted by atomic mass is 16.2. The lowest BCUT2D eigenvalue weighted by atomic mass is 9.80. The summed E-state index contributed by atoms with van der Waals surface area (Å²) in [6.45, 7) is 4.38. The molecule has 0 aromatic carbocycles. The molecule has 0 aromatic rings. The quantitative estimate of drug-likeness (QED) is 0.652. The summed E-state index contributed by atoms with van der Waals surface area (Å²) in [6, 6.07) is -0.578. The monoisotopic (exact) mass is 197 g/mol. The Morgan fingerprint density at radius 1 is 1.57 bits per heavy atom. The first kappa shape index (κ1) is 11.0. The smallest absolute Gasteiger partial charge is 0.332 e. The van der Waals surface area contributed by atoms with Crippen LogP contribution >= 0.6 is 0 Å². The van der Waals surface area contributed by atoms with E-state index in [2.05, 4.69) is 24.4 Å². The number of carbonyl (C=O) groups is 1. The summed E-state index contributed by atoms with van der Waals surface area (Å²) in [5, 5.41) is 4.08. The van der Waals surface area contributed by atoms with Gasteiger partial charge < -0.3 is 5.73 Å². The number of hydrazone groups is 1. The van der Waals surface area contributed by atoms with Crippen LogP contribution in [0.4, 0.5) is 4.79 Å². The number of urea groups is 1. The molecule has 1 fully saturated rings. The van der Waals surface area contributed by atoms with Gasteiger partial charge in [0.2, 0.25) is 0 Å². The fraction of sp³-hybridized carbons (Fsp3) is 0.800. The second kappa shape index (κ2) is 4.98. The van der Waals surface area contributed by atoms with Crippen LogP contribution in [0.2, 0.25) is 0 Å². The van der Waals surface area contributed by atoms with Crippen LogP contribution in [0.15, 0.2) is 5.10 Å². The Morgan fingerprint density at radius 2 is 2.29 bits per heavy atom. The number of nitrogens with one attached hydrogen (secondary N) is 1. The molecular weight excluding hydrogens is 178 g/mol. The molecule has 0 radical (unpaired) electrons. The van der Waals surface area contributed by atoms with E-state index >= 15 is 0 Å². The third kappa shape index (κ3) is 3.01. The van der Waals surface area contributed by atoms with Gasteiger partial charge in [0.1, 0.15) is 0 Å². The molecule has 1 saturated carbocycles. The molecule has 14 heavy (non-hydrogen) atoms. The molecule has 1 unspecified atom stereocenters. The SMILES string of the molecule is CC(C)C1CCCCC1=NNC(N)=O. The van der Waals surface area contributed by atoms with Crippen molar-refractivity contribution in [1.29, 1.82) is 0 Å². The number of hydrogen-bond donors (Lipinski definition) is 2. The summed E-state index contributed by atoms with van der Waals surface area (Å²) < 4.78 is 0. The van der Waals surface area contributed by atoms with E-state index in [4.69, 9.17) is 5.73 Å². The van der Waals surface area contributed by atoms with Crippen molar-refractivity contribution >= 4 is 11.7 Å². The molecule has 1 rings (SSSR count). The Balaban J connectivity index is 2.62. The Hall–Kier alpha value is -1.06. The van der Waals surface area contributed by atoms with Gasteiger partial charge in [-0.1, -0.05) is 20.3 Å². The summed E-state index contributed by atoms with van der Waals surface area (Å²) in [5.41, 5.74) is 8.40. The van der Waals surface area contributed by atoms with Crippen LogP contribution in [0.1, 0.15) is 39.5 Å². The van der Waals surface area contributed by atoms with E-state index in [0.717, 1.165) is 12.1 Å². The van der Waals surface area contributed by atoms with E-state index in [1.54, 1.807) is 0 Å². The number of primary amides is 1. The van der Waals surface area contributed by atoms with E-state index < -0.39 is 6.03 Å². The van der Waals surface area contributed by atoms with Gasteiger partial charge in [-0.3, -0.25) is 0 Å². The minimum absolute atomic E-state index is 0.510. The van der Waals surface area contributed by atoms with Gasteiger partial charge in [-0.05, 0) is 25.2 Å². The maximum atomic E-state index is 10.5. The largest absolute Gasteiger partial charge is 0.350 e. The second-order valence-electron chi connectivity index (χ2n) is 4.18. The number of rotatable bonds is 2. The standard InChI is InChI=1S/C10H19N3O/c1-7(2)8-5-3-4-6-9(8)12-13-10(11)14/h7-8H,3-6H2,1-2H3,(H3,11,13,14). The van der Waals surface area contributed by atoms with Crippen LogP contribution in [0, 0.1) is 11.8 Å². The molecule has 1 aliphatic carbocycles. The summed E-state index contributed by atoms with van der Waals surface area (Å²) in [4.78, 5) is 10.5. The highest BCUT2D eigenvalue weighted by molar-refractivity contribution is 5.88. The highest BCUT2D eigenvalue weighted by Gasteiger charge is 2.23. The van der Waals surface area contributed by atoms with Crippen molar-refractivity contribution in [2.24, 2.45) is 22.7 Å². The Bertz CT molecular complexity index is 236. The van der Waals surface area contributed by atoms with Gasteiger partial charge in [-0.25, -0.2) is 10.2 Å². The maximum Gasteiger partial charge on any atom is 0.332 e. The summed E-state index contributed by atoms with van der Waals surface area (Å²) >= 11 is 0. The van der Waals surface area contributed by atoms with E-state index in [1.165, 1.54) is 19.3 Å². The molecule has 3 N–H and O–H groups in total. The van der Waals surface area contributed by atoms with Gasteiger partial charge in [0, 0.05) is 11.6 Å². The summed E-state index contributed by atoms with van der Waals surface area (Å²) in [5.74, 6) is 1.10. The molecule has 1 atom stereocenters. The zero-order valence-electron chi connectivity index (χ0n) is 8.92. The zero-order valence-corrected chi connectivity index (χ0v) is 8.92. The van der Waals surface area contributed by atoms with Gasteiger partial charge in [0.25, 0.3) is 0 Å². The van der Waals surface area contributed by atoms with Crippen LogP contribution in [-0.4, -0.2) is 11.7 Å². The van der Waals surface area contributed by atoms with Crippen molar-refractivity contribution < 1.29 is 4.79 Å². The number of nitrogens with two attached hydrogens (primary N) is 1. The van der Waals surface area contributed by atoms with Crippen molar-refractivity contribution in [3.05, 3.63) is 0 Å². The maximum absolute atomic E-state index is 10.5. The van der Waals surface area contributed by atoms with Crippen LogP contribution in [0.25, 0.3) is 0 Å². The van der Waals surface area contributed by atoms with Gasteiger partial charge in [-0.2, -0.15) is 5.10 Å². The molecule has 0 aromatic heterocycles. The first-order chi connectivity index (χ1) is 6.61. The van der Waals surface area contributed by atoms with Crippen LogP contribution < -0.4 is 11.2 Å². The average molecular weight is 197 g/mol. The average Bonchev–Trinajstić information content (AvgIpc) is 2.15. The van der Waals surface area contributed by atoms with Gasteiger partial charge in [0.05, 0.1) is 0 Å². The zero-order chi connectivity index (χ0) is 10.6. The third-order valence-electron chi connectivity index (χ3n) is 2.74. The summed E-state index contributed by atoms with van der Waals surface area (Å²) in [7, 11) is 0. The molecule has 4 nitrogen and oxygen atoms in total. The normalized spacial score (nSPS) is 25.4.